The quantitative estimate of drug-likeness (QED) is 0.782. The summed E-state index contributed by atoms with van der Waals surface area (Å²) in [6, 6.07) is 5.64. The minimum atomic E-state index is -0.0839. The maximum Gasteiger partial charge on any atom is 0.251 e. The second-order valence-corrected chi connectivity index (χ2v) is 4.30. The summed E-state index contributed by atoms with van der Waals surface area (Å²) in [6.45, 7) is 4.49. The number of hydrogen-bond acceptors (Lipinski definition) is 2. The summed E-state index contributed by atoms with van der Waals surface area (Å²) in [6.07, 6.45) is 0.534. The van der Waals surface area contributed by atoms with Crippen molar-refractivity contribution in [2.75, 3.05) is 6.54 Å². The van der Waals surface area contributed by atoms with Crippen LogP contribution in [-0.2, 0) is 0 Å². The van der Waals surface area contributed by atoms with Crippen molar-refractivity contribution in [3.63, 3.8) is 0 Å². The SMILES string of the molecule is Cc1ccc(C(=O)NCCC(N)=S)cc1C. The third-order valence-corrected chi connectivity index (χ3v) is 2.63. The Labute approximate surface area is 101 Å². The monoisotopic (exact) mass is 236 g/mol. The van der Waals surface area contributed by atoms with Crippen LogP contribution in [-0.4, -0.2) is 17.4 Å². The van der Waals surface area contributed by atoms with Crippen molar-refractivity contribution >= 4 is 23.1 Å². The predicted molar refractivity (Wildman–Crippen MR) is 69.7 cm³/mol. The lowest BCUT2D eigenvalue weighted by Crippen LogP contribution is -2.27. The summed E-state index contributed by atoms with van der Waals surface area (Å²) in [5, 5.41) is 2.77. The average Bonchev–Trinajstić information content (AvgIpc) is 2.21. The van der Waals surface area contributed by atoms with Crippen molar-refractivity contribution in [1.29, 1.82) is 0 Å². The number of thiocarbonyl (C=S) groups is 1. The minimum absolute atomic E-state index is 0.0839. The number of amides is 1. The van der Waals surface area contributed by atoms with Gasteiger partial charge in [0.2, 0.25) is 0 Å². The number of aryl methyl sites for hydroxylation is 2. The third kappa shape index (κ3) is 3.62. The lowest BCUT2D eigenvalue weighted by Gasteiger charge is -2.06. The molecule has 0 bridgehead atoms. The summed E-state index contributed by atoms with van der Waals surface area (Å²) in [5.74, 6) is -0.0839. The van der Waals surface area contributed by atoms with Gasteiger partial charge in [-0.25, -0.2) is 0 Å². The smallest absolute Gasteiger partial charge is 0.251 e. The zero-order valence-corrected chi connectivity index (χ0v) is 10.4. The van der Waals surface area contributed by atoms with Crippen LogP contribution >= 0.6 is 12.2 Å². The molecule has 3 nitrogen and oxygen atoms in total. The molecular weight excluding hydrogens is 220 g/mol. The fourth-order valence-electron chi connectivity index (χ4n) is 1.28. The zero-order valence-electron chi connectivity index (χ0n) is 9.54. The Bertz CT molecular complexity index is 415. The molecule has 16 heavy (non-hydrogen) atoms. The number of carbonyl (C=O) groups is 1. The molecule has 0 saturated carbocycles. The fourth-order valence-corrected chi connectivity index (χ4v) is 1.39. The molecule has 0 unspecified atom stereocenters. The summed E-state index contributed by atoms with van der Waals surface area (Å²) < 4.78 is 0. The van der Waals surface area contributed by atoms with Crippen molar-refractivity contribution < 1.29 is 4.79 Å². The van der Waals surface area contributed by atoms with Gasteiger partial charge in [-0.3, -0.25) is 4.79 Å². The Hall–Kier alpha value is -1.42. The number of benzene rings is 1. The Kier molecular flexibility index (Phi) is 4.43. The van der Waals surface area contributed by atoms with Gasteiger partial charge in [-0.2, -0.15) is 0 Å². The van der Waals surface area contributed by atoms with Crippen molar-refractivity contribution in [1.82, 2.24) is 5.32 Å². The standard InChI is InChI=1S/C12H16N2OS/c1-8-3-4-10(7-9(8)2)12(15)14-6-5-11(13)16/h3-4,7H,5-6H2,1-2H3,(H2,13,16)(H,14,15). The second-order valence-electron chi connectivity index (χ2n) is 3.77. The van der Waals surface area contributed by atoms with E-state index in [1.165, 1.54) is 5.56 Å². The van der Waals surface area contributed by atoms with Crippen LogP contribution in [0.2, 0.25) is 0 Å². The normalized spacial score (nSPS) is 9.88. The summed E-state index contributed by atoms with van der Waals surface area (Å²) in [4.78, 5) is 12.1. The Morgan fingerprint density at radius 3 is 2.62 bits per heavy atom. The molecule has 0 aliphatic rings. The largest absolute Gasteiger partial charge is 0.393 e. The molecule has 0 spiro atoms. The highest BCUT2D eigenvalue weighted by Crippen LogP contribution is 2.09. The molecule has 4 heteroatoms. The molecule has 0 fully saturated rings. The van der Waals surface area contributed by atoms with Crippen LogP contribution in [0.15, 0.2) is 18.2 Å². The molecular formula is C12H16N2OS. The van der Waals surface area contributed by atoms with Gasteiger partial charge in [-0.15, -0.1) is 0 Å². The van der Waals surface area contributed by atoms with Gasteiger partial charge in [-0.05, 0) is 37.1 Å². The van der Waals surface area contributed by atoms with E-state index in [0.29, 0.717) is 23.5 Å². The van der Waals surface area contributed by atoms with Gasteiger partial charge in [-0.1, -0.05) is 18.3 Å². The molecule has 1 aromatic rings. The van der Waals surface area contributed by atoms with E-state index in [-0.39, 0.29) is 5.91 Å². The van der Waals surface area contributed by atoms with Gasteiger partial charge < -0.3 is 11.1 Å². The van der Waals surface area contributed by atoms with Crippen LogP contribution in [0.5, 0.6) is 0 Å². The number of nitrogens with one attached hydrogen (secondary N) is 1. The summed E-state index contributed by atoms with van der Waals surface area (Å²) >= 11 is 4.73. The molecule has 86 valence electrons. The fraction of sp³-hybridized carbons (Fsp3) is 0.333. The van der Waals surface area contributed by atoms with Crippen molar-refractivity contribution in [2.45, 2.75) is 20.3 Å². The van der Waals surface area contributed by atoms with Gasteiger partial charge in [0, 0.05) is 18.5 Å². The van der Waals surface area contributed by atoms with E-state index in [1.807, 2.05) is 32.0 Å². The molecule has 1 aromatic carbocycles. The van der Waals surface area contributed by atoms with E-state index in [2.05, 4.69) is 5.32 Å². The Morgan fingerprint density at radius 1 is 1.38 bits per heavy atom. The molecule has 0 aliphatic heterocycles. The van der Waals surface area contributed by atoms with Crippen molar-refractivity contribution in [3.05, 3.63) is 34.9 Å². The maximum atomic E-state index is 11.7. The van der Waals surface area contributed by atoms with Crippen LogP contribution in [0.25, 0.3) is 0 Å². The molecule has 1 rings (SSSR count). The molecule has 0 aromatic heterocycles. The highest BCUT2D eigenvalue weighted by atomic mass is 32.1. The van der Waals surface area contributed by atoms with E-state index >= 15 is 0 Å². The number of rotatable bonds is 4. The third-order valence-electron chi connectivity index (χ3n) is 2.43. The Balaban J connectivity index is 2.59. The van der Waals surface area contributed by atoms with E-state index < -0.39 is 0 Å². The topological polar surface area (TPSA) is 55.1 Å². The highest BCUT2D eigenvalue weighted by Gasteiger charge is 2.05. The van der Waals surface area contributed by atoms with Crippen LogP contribution < -0.4 is 11.1 Å². The van der Waals surface area contributed by atoms with E-state index in [9.17, 15) is 4.79 Å². The second kappa shape index (κ2) is 5.61. The zero-order chi connectivity index (χ0) is 12.1. The summed E-state index contributed by atoms with van der Waals surface area (Å²) in [7, 11) is 0. The maximum absolute atomic E-state index is 11.7. The molecule has 1 amide bonds. The van der Waals surface area contributed by atoms with Crippen molar-refractivity contribution in [3.8, 4) is 0 Å². The van der Waals surface area contributed by atoms with E-state index in [0.717, 1.165) is 5.56 Å². The molecule has 0 saturated heterocycles. The number of carbonyl (C=O) groups excluding carboxylic acids is 1. The van der Waals surface area contributed by atoms with E-state index in [1.54, 1.807) is 0 Å². The van der Waals surface area contributed by atoms with Crippen molar-refractivity contribution in [2.24, 2.45) is 5.73 Å². The average molecular weight is 236 g/mol. The molecule has 0 heterocycles. The summed E-state index contributed by atoms with van der Waals surface area (Å²) in [5.41, 5.74) is 8.31. The van der Waals surface area contributed by atoms with Crippen LogP contribution in [0.3, 0.4) is 0 Å². The molecule has 3 N–H and O–H groups in total. The molecule has 0 atom stereocenters. The van der Waals surface area contributed by atoms with Gasteiger partial charge >= 0.3 is 0 Å². The van der Waals surface area contributed by atoms with Gasteiger partial charge in [0.25, 0.3) is 5.91 Å². The van der Waals surface area contributed by atoms with Crippen LogP contribution in [0.4, 0.5) is 0 Å². The van der Waals surface area contributed by atoms with Crippen LogP contribution in [0.1, 0.15) is 27.9 Å². The Morgan fingerprint density at radius 2 is 2.06 bits per heavy atom. The minimum Gasteiger partial charge on any atom is -0.393 e. The lowest BCUT2D eigenvalue weighted by molar-refractivity contribution is 0.0954. The first-order valence-corrected chi connectivity index (χ1v) is 5.55. The predicted octanol–water partition coefficient (Wildman–Crippen LogP) is 1.71. The van der Waals surface area contributed by atoms with Gasteiger partial charge in [0.1, 0.15) is 0 Å². The molecule has 0 radical (unpaired) electrons. The molecule has 0 aliphatic carbocycles. The lowest BCUT2D eigenvalue weighted by atomic mass is 10.1. The van der Waals surface area contributed by atoms with Crippen LogP contribution in [0, 0.1) is 13.8 Å². The highest BCUT2D eigenvalue weighted by molar-refractivity contribution is 7.80. The first-order valence-electron chi connectivity index (χ1n) is 5.14. The van der Waals surface area contributed by atoms with Gasteiger partial charge in [0.05, 0.1) is 4.99 Å². The number of hydrogen-bond donors (Lipinski definition) is 2. The first kappa shape index (κ1) is 12.6. The van der Waals surface area contributed by atoms with E-state index in [4.69, 9.17) is 18.0 Å². The number of nitrogens with two attached hydrogens (primary N) is 1. The first-order chi connectivity index (χ1) is 7.50. The van der Waals surface area contributed by atoms with Gasteiger partial charge in [0.15, 0.2) is 0 Å².